The van der Waals surface area contributed by atoms with E-state index in [1.54, 1.807) is 7.11 Å². The molecule has 0 aliphatic carbocycles. The maximum absolute atomic E-state index is 6.13. The van der Waals surface area contributed by atoms with Gasteiger partial charge >= 0.3 is 0 Å². The van der Waals surface area contributed by atoms with Gasteiger partial charge in [0, 0.05) is 13.1 Å². The maximum Gasteiger partial charge on any atom is 0.137 e. The van der Waals surface area contributed by atoms with Crippen molar-refractivity contribution in [2.75, 3.05) is 14.2 Å². The third-order valence-corrected chi connectivity index (χ3v) is 3.26. The Morgan fingerprint density at radius 3 is 2.32 bits per heavy atom. The van der Waals surface area contributed by atoms with Gasteiger partial charge in [-0.3, -0.25) is 4.90 Å². The van der Waals surface area contributed by atoms with Crippen LogP contribution in [0.15, 0.2) is 48.5 Å². The number of halogens is 1. The first kappa shape index (κ1) is 13.9. The molecule has 3 heteroatoms. The summed E-state index contributed by atoms with van der Waals surface area (Å²) in [4.78, 5) is 2.26. The van der Waals surface area contributed by atoms with Crippen molar-refractivity contribution in [2.24, 2.45) is 0 Å². The van der Waals surface area contributed by atoms with Gasteiger partial charge in [-0.25, -0.2) is 0 Å². The van der Waals surface area contributed by atoms with Gasteiger partial charge in [0.2, 0.25) is 0 Å². The van der Waals surface area contributed by atoms with Crippen molar-refractivity contribution in [3.63, 3.8) is 0 Å². The second kappa shape index (κ2) is 6.60. The Morgan fingerprint density at radius 1 is 1.00 bits per heavy atom. The Labute approximate surface area is 119 Å². The summed E-state index contributed by atoms with van der Waals surface area (Å²) in [6, 6.07) is 16.4. The highest BCUT2D eigenvalue weighted by molar-refractivity contribution is 6.32. The molecule has 0 unspecified atom stereocenters. The summed E-state index contributed by atoms with van der Waals surface area (Å²) in [7, 11) is 3.73. The van der Waals surface area contributed by atoms with E-state index in [1.807, 2.05) is 24.3 Å². The van der Waals surface area contributed by atoms with Crippen molar-refractivity contribution in [1.29, 1.82) is 0 Å². The predicted octanol–water partition coefficient (Wildman–Crippen LogP) is 3.98. The molecule has 100 valence electrons. The molecule has 2 aromatic rings. The Morgan fingerprint density at radius 2 is 1.68 bits per heavy atom. The topological polar surface area (TPSA) is 12.5 Å². The largest absolute Gasteiger partial charge is 0.495 e. The first-order valence-electron chi connectivity index (χ1n) is 6.24. The van der Waals surface area contributed by atoms with E-state index in [9.17, 15) is 0 Å². The summed E-state index contributed by atoms with van der Waals surface area (Å²) in [6.45, 7) is 1.78. The van der Waals surface area contributed by atoms with Crippen LogP contribution in [-0.2, 0) is 13.1 Å². The summed E-state index contributed by atoms with van der Waals surface area (Å²) in [6.07, 6.45) is 0. The molecule has 0 saturated carbocycles. The fourth-order valence-electron chi connectivity index (χ4n) is 2.07. The highest BCUT2D eigenvalue weighted by Gasteiger charge is 2.05. The van der Waals surface area contributed by atoms with E-state index < -0.39 is 0 Å². The van der Waals surface area contributed by atoms with Crippen LogP contribution < -0.4 is 4.74 Å². The fourth-order valence-corrected chi connectivity index (χ4v) is 2.35. The Hall–Kier alpha value is -1.51. The summed E-state index contributed by atoms with van der Waals surface area (Å²) in [5.74, 6) is 0.719. The van der Waals surface area contributed by atoms with E-state index >= 15 is 0 Å². The van der Waals surface area contributed by atoms with E-state index in [2.05, 4.69) is 36.2 Å². The van der Waals surface area contributed by atoms with Crippen molar-refractivity contribution in [3.8, 4) is 5.75 Å². The van der Waals surface area contributed by atoms with Gasteiger partial charge < -0.3 is 4.74 Å². The van der Waals surface area contributed by atoms with Crippen LogP contribution in [-0.4, -0.2) is 19.1 Å². The average molecular weight is 276 g/mol. The zero-order valence-electron chi connectivity index (χ0n) is 11.3. The number of benzene rings is 2. The summed E-state index contributed by atoms with van der Waals surface area (Å²) >= 11 is 6.13. The molecule has 0 fully saturated rings. The van der Waals surface area contributed by atoms with E-state index in [4.69, 9.17) is 16.3 Å². The highest BCUT2D eigenvalue weighted by Crippen LogP contribution is 2.25. The third kappa shape index (κ3) is 3.98. The van der Waals surface area contributed by atoms with E-state index in [0.29, 0.717) is 5.02 Å². The van der Waals surface area contributed by atoms with Gasteiger partial charge in [0.05, 0.1) is 12.1 Å². The van der Waals surface area contributed by atoms with Crippen LogP contribution in [0.1, 0.15) is 11.1 Å². The lowest BCUT2D eigenvalue weighted by Gasteiger charge is -2.17. The number of ether oxygens (including phenoxy) is 1. The Bertz CT molecular complexity index is 528. The van der Waals surface area contributed by atoms with Crippen molar-refractivity contribution < 1.29 is 4.74 Å². The van der Waals surface area contributed by atoms with Crippen LogP contribution >= 0.6 is 11.6 Å². The molecule has 2 nitrogen and oxygen atoms in total. The minimum Gasteiger partial charge on any atom is -0.495 e. The molecule has 2 aromatic carbocycles. The number of nitrogens with zero attached hydrogens (tertiary/aromatic N) is 1. The van der Waals surface area contributed by atoms with Crippen molar-refractivity contribution in [1.82, 2.24) is 4.90 Å². The summed E-state index contributed by atoms with van der Waals surface area (Å²) < 4.78 is 5.16. The SMILES string of the molecule is COc1ccc(CN(C)Cc2ccccc2)cc1Cl. The van der Waals surface area contributed by atoms with Gasteiger partial charge in [0.25, 0.3) is 0 Å². The minimum absolute atomic E-state index is 0.660. The van der Waals surface area contributed by atoms with E-state index in [0.717, 1.165) is 18.8 Å². The molecular formula is C16H18ClNO. The fraction of sp³-hybridized carbons (Fsp3) is 0.250. The molecule has 19 heavy (non-hydrogen) atoms. The second-order valence-corrected chi connectivity index (χ2v) is 5.03. The molecular weight excluding hydrogens is 258 g/mol. The standard InChI is InChI=1S/C16H18ClNO/c1-18(11-13-6-4-3-5-7-13)12-14-8-9-16(19-2)15(17)10-14/h3-10H,11-12H2,1-2H3. The molecule has 0 aliphatic heterocycles. The number of rotatable bonds is 5. The molecule has 0 heterocycles. The molecule has 0 aromatic heterocycles. The first-order chi connectivity index (χ1) is 9.19. The van der Waals surface area contributed by atoms with Crippen LogP contribution in [0, 0.1) is 0 Å². The maximum atomic E-state index is 6.13. The van der Waals surface area contributed by atoms with Gasteiger partial charge in [-0.2, -0.15) is 0 Å². The number of hydrogen-bond donors (Lipinski definition) is 0. The molecule has 0 saturated heterocycles. The predicted molar refractivity (Wildman–Crippen MR) is 79.6 cm³/mol. The molecule has 0 bridgehead atoms. The Kier molecular flexibility index (Phi) is 4.83. The molecule has 0 N–H and O–H groups in total. The minimum atomic E-state index is 0.660. The van der Waals surface area contributed by atoms with Gasteiger partial charge in [-0.05, 0) is 30.3 Å². The number of hydrogen-bond acceptors (Lipinski definition) is 2. The molecule has 0 amide bonds. The van der Waals surface area contributed by atoms with Crippen molar-refractivity contribution in [2.45, 2.75) is 13.1 Å². The average Bonchev–Trinajstić information content (AvgIpc) is 2.40. The van der Waals surface area contributed by atoms with Gasteiger partial charge in [0.1, 0.15) is 5.75 Å². The lowest BCUT2D eigenvalue weighted by Crippen LogP contribution is -2.17. The third-order valence-electron chi connectivity index (χ3n) is 2.96. The highest BCUT2D eigenvalue weighted by atomic mass is 35.5. The lowest BCUT2D eigenvalue weighted by molar-refractivity contribution is 0.319. The molecule has 2 rings (SSSR count). The van der Waals surface area contributed by atoms with E-state index in [1.165, 1.54) is 11.1 Å². The van der Waals surface area contributed by atoms with Gasteiger partial charge in [-0.15, -0.1) is 0 Å². The smallest absolute Gasteiger partial charge is 0.137 e. The number of methoxy groups -OCH3 is 1. The summed E-state index contributed by atoms with van der Waals surface area (Å²) in [5, 5.41) is 0.660. The zero-order valence-corrected chi connectivity index (χ0v) is 12.0. The monoisotopic (exact) mass is 275 g/mol. The van der Waals surface area contributed by atoms with Crippen LogP contribution in [0.25, 0.3) is 0 Å². The molecule has 0 spiro atoms. The Balaban J connectivity index is 1.99. The van der Waals surface area contributed by atoms with Crippen LogP contribution in [0.4, 0.5) is 0 Å². The normalized spacial score (nSPS) is 10.7. The van der Waals surface area contributed by atoms with Crippen molar-refractivity contribution in [3.05, 3.63) is 64.7 Å². The molecule has 0 aliphatic rings. The lowest BCUT2D eigenvalue weighted by atomic mass is 10.2. The van der Waals surface area contributed by atoms with Crippen LogP contribution in [0.2, 0.25) is 5.02 Å². The van der Waals surface area contributed by atoms with Crippen LogP contribution in [0.3, 0.4) is 0 Å². The molecule has 0 radical (unpaired) electrons. The quantitative estimate of drug-likeness (QED) is 0.818. The van der Waals surface area contributed by atoms with Gasteiger partial charge in [-0.1, -0.05) is 48.0 Å². The van der Waals surface area contributed by atoms with Gasteiger partial charge in [0.15, 0.2) is 0 Å². The molecule has 0 atom stereocenters. The van der Waals surface area contributed by atoms with E-state index in [-0.39, 0.29) is 0 Å². The van der Waals surface area contributed by atoms with Crippen molar-refractivity contribution >= 4 is 11.6 Å². The summed E-state index contributed by atoms with van der Waals surface area (Å²) in [5.41, 5.74) is 2.49. The second-order valence-electron chi connectivity index (χ2n) is 4.63. The first-order valence-corrected chi connectivity index (χ1v) is 6.61. The van der Waals surface area contributed by atoms with Crippen LogP contribution in [0.5, 0.6) is 5.75 Å². The zero-order chi connectivity index (χ0) is 13.7.